The SMILES string of the molecule is Nc1ncnc2[nH]cnc12.O=C(O)COc1ccc(Cl)cc1Cl.O=C(O)COc1ccc(Cl)cc1Cl. The Kier molecular flexibility index (Phi) is 11.3. The number of aliphatic carboxylic acids is 2. The van der Waals surface area contributed by atoms with Gasteiger partial charge in [0.15, 0.2) is 24.7 Å². The van der Waals surface area contributed by atoms with E-state index in [1.165, 1.54) is 36.9 Å². The molecule has 0 spiro atoms. The van der Waals surface area contributed by atoms with Gasteiger partial charge >= 0.3 is 11.9 Å². The van der Waals surface area contributed by atoms with Crippen molar-refractivity contribution in [1.82, 2.24) is 19.9 Å². The van der Waals surface area contributed by atoms with Gasteiger partial charge in [0.05, 0.1) is 16.4 Å². The van der Waals surface area contributed by atoms with Gasteiger partial charge in [-0.1, -0.05) is 46.4 Å². The molecular weight excluding hydrogens is 560 g/mol. The molecule has 2 heterocycles. The lowest BCUT2D eigenvalue weighted by molar-refractivity contribution is -0.140. The van der Waals surface area contributed by atoms with E-state index in [-0.39, 0.29) is 0 Å². The van der Waals surface area contributed by atoms with Crippen molar-refractivity contribution in [3.8, 4) is 11.5 Å². The van der Waals surface area contributed by atoms with Crippen molar-refractivity contribution >= 4 is 75.3 Å². The number of carbonyl (C=O) groups is 2. The van der Waals surface area contributed by atoms with Gasteiger partial charge in [0.2, 0.25) is 0 Å². The standard InChI is InChI=1S/2C8H6Cl2O3.C5H5N5/c2*9-5-1-2-7(6(10)3-5)13-4-8(11)12;6-4-3-5(9-1-7-3)10-2-8-4/h2*1-3H,4H2,(H,11,12);1-2H,(H3,6,7,8,9,10). The molecular formula is C21H17Cl4N5O6. The fourth-order valence-electron chi connectivity index (χ4n) is 2.25. The Balaban J connectivity index is 0.000000192. The molecule has 5 N–H and O–H groups in total. The highest BCUT2D eigenvalue weighted by atomic mass is 35.5. The summed E-state index contributed by atoms with van der Waals surface area (Å²) in [6.45, 7) is -0.831. The first-order valence-electron chi connectivity index (χ1n) is 9.55. The van der Waals surface area contributed by atoms with Gasteiger partial charge in [-0.3, -0.25) is 0 Å². The van der Waals surface area contributed by atoms with Crippen molar-refractivity contribution in [2.24, 2.45) is 0 Å². The molecule has 0 aliphatic carbocycles. The number of fused-ring (bicyclic) bond motifs is 1. The highest BCUT2D eigenvalue weighted by molar-refractivity contribution is 6.36. The van der Waals surface area contributed by atoms with E-state index in [1.807, 2.05) is 0 Å². The third kappa shape index (κ3) is 9.62. The first-order valence-corrected chi connectivity index (χ1v) is 11.1. The number of nitrogen functional groups attached to an aromatic ring is 1. The highest BCUT2D eigenvalue weighted by Crippen LogP contribution is 2.28. The van der Waals surface area contributed by atoms with E-state index in [0.717, 1.165) is 0 Å². The highest BCUT2D eigenvalue weighted by Gasteiger charge is 2.05. The molecule has 0 amide bonds. The van der Waals surface area contributed by atoms with Crippen LogP contribution >= 0.6 is 46.4 Å². The van der Waals surface area contributed by atoms with E-state index in [1.54, 1.807) is 12.1 Å². The van der Waals surface area contributed by atoms with Gasteiger partial charge in [-0.15, -0.1) is 0 Å². The van der Waals surface area contributed by atoms with Crippen LogP contribution < -0.4 is 15.2 Å². The van der Waals surface area contributed by atoms with Crippen molar-refractivity contribution in [3.63, 3.8) is 0 Å². The van der Waals surface area contributed by atoms with Crippen LogP contribution in [-0.4, -0.2) is 55.3 Å². The number of benzene rings is 2. The number of aromatic nitrogens is 4. The maximum absolute atomic E-state index is 10.2. The van der Waals surface area contributed by atoms with Crippen LogP contribution in [0.25, 0.3) is 11.2 Å². The largest absolute Gasteiger partial charge is 0.480 e. The zero-order valence-electron chi connectivity index (χ0n) is 18.0. The lowest BCUT2D eigenvalue weighted by Crippen LogP contribution is -2.09. The van der Waals surface area contributed by atoms with Crippen LogP contribution in [0.3, 0.4) is 0 Å². The minimum Gasteiger partial charge on any atom is -0.480 e. The van der Waals surface area contributed by atoms with Crippen molar-refractivity contribution < 1.29 is 29.3 Å². The zero-order chi connectivity index (χ0) is 26.7. The summed E-state index contributed by atoms with van der Waals surface area (Å²) in [6, 6.07) is 9.16. The minimum atomic E-state index is -1.05. The molecule has 2 aromatic heterocycles. The third-order valence-electron chi connectivity index (χ3n) is 3.74. The van der Waals surface area contributed by atoms with Crippen LogP contribution in [0.1, 0.15) is 0 Å². The van der Waals surface area contributed by atoms with Crippen LogP contribution in [0.5, 0.6) is 11.5 Å². The lowest BCUT2D eigenvalue weighted by Gasteiger charge is -2.04. The summed E-state index contributed by atoms with van der Waals surface area (Å²) in [5.74, 6) is -1.06. The molecule has 36 heavy (non-hydrogen) atoms. The summed E-state index contributed by atoms with van der Waals surface area (Å²) in [7, 11) is 0. The molecule has 0 radical (unpaired) electrons. The Morgan fingerprint density at radius 3 is 1.75 bits per heavy atom. The van der Waals surface area contributed by atoms with Crippen molar-refractivity contribution in [2.45, 2.75) is 0 Å². The lowest BCUT2D eigenvalue weighted by atomic mass is 10.3. The van der Waals surface area contributed by atoms with E-state index in [9.17, 15) is 9.59 Å². The first kappa shape index (κ1) is 28.7. The number of hydrogen-bond donors (Lipinski definition) is 4. The number of hydrogen-bond acceptors (Lipinski definition) is 8. The van der Waals surface area contributed by atoms with Crippen LogP contribution in [0, 0.1) is 0 Å². The molecule has 0 unspecified atom stereocenters. The van der Waals surface area contributed by atoms with Gasteiger partial charge in [-0.2, -0.15) is 0 Å². The minimum absolute atomic E-state index is 0.300. The molecule has 15 heteroatoms. The average molecular weight is 577 g/mol. The van der Waals surface area contributed by atoms with Crippen LogP contribution in [0.2, 0.25) is 20.1 Å². The fourth-order valence-corrected chi connectivity index (χ4v) is 3.17. The molecule has 4 rings (SSSR count). The number of carboxylic acids is 2. The smallest absolute Gasteiger partial charge is 0.341 e. The number of nitrogens with zero attached hydrogens (tertiary/aromatic N) is 3. The van der Waals surface area contributed by atoms with E-state index >= 15 is 0 Å². The third-order valence-corrected chi connectivity index (χ3v) is 4.80. The molecule has 0 saturated heterocycles. The van der Waals surface area contributed by atoms with E-state index < -0.39 is 25.2 Å². The van der Waals surface area contributed by atoms with Gasteiger partial charge in [0.1, 0.15) is 23.3 Å². The number of imidazole rings is 1. The Labute approximate surface area is 223 Å². The van der Waals surface area contributed by atoms with Crippen LogP contribution in [0.4, 0.5) is 5.82 Å². The second-order valence-corrected chi connectivity index (χ2v) is 8.06. The van der Waals surface area contributed by atoms with E-state index in [4.69, 9.17) is 71.8 Å². The zero-order valence-corrected chi connectivity index (χ0v) is 21.0. The Hall–Kier alpha value is -3.51. The Morgan fingerprint density at radius 1 is 0.833 bits per heavy atom. The molecule has 0 bridgehead atoms. The number of nitrogens with one attached hydrogen (secondary N) is 1. The summed E-state index contributed by atoms with van der Waals surface area (Å²) in [4.78, 5) is 34.7. The Bertz CT molecular complexity index is 1270. The van der Waals surface area contributed by atoms with Crippen molar-refractivity contribution in [2.75, 3.05) is 18.9 Å². The molecule has 0 atom stereocenters. The number of ether oxygens (including phenoxy) is 2. The van der Waals surface area contributed by atoms with Gasteiger partial charge in [0.25, 0.3) is 0 Å². The number of aromatic amines is 1. The van der Waals surface area contributed by atoms with Crippen LogP contribution in [0.15, 0.2) is 49.1 Å². The number of carboxylic acid groups (broad SMARTS) is 2. The summed E-state index contributed by atoms with van der Waals surface area (Å²) in [5, 5.41) is 18.2. The number of H-pyrrole nitrogens is 1. The molecule has 0 aliphatic heterocycles. The Morgan fingerprint density at radius 2 is 1.33 bits per heavy atom. The average Bonchev–Trinajstić information content (AvgIpc) is 3.29. The summed E-state index contributed by atoms with van der Waals surface area (Å²) in [6.07, 6.45) is 2.94. The number of rotatable bonds is 6. The first-order chi connectivity index (χ1) is 17.1. The normalized spacial score (nSPS) is 9.89. The maximum atomic E-state index is 10.2. The van der Waals surface area contributed by atoms with Crippen molar-refractivity contribution in [1.29, 1.82) is 0 Å². The second-order valence-electron chi connectivity index (χ2n) is 6.37. The summed E-state index contributed by atoms with van der Waals surface area (Å²) in [5.41, 5.74) is 6.77. The van der Waals surface area contributed by atoms with Gasteiger partial charge < -0.3 is 30.4 Å². The maximum Gasteiger partial charge on any atom is 0.341 e. The monoisotopic (exact) mass is 575 g/mol. The molecule has 190 valence electrons. The molecule has 4 aromatic rings. The molecule has 0 saturated carbocycles. The summed E-state index contributed by atoms with van der Waals surface area (Å²) >= 11 is 22.7. The number of anilines is 1. The van der Waals surface area contributed by atoms with Crippen LogP contribution in [-0.2, 0) is 9.59 Å². The predicted molar refractivity (Wildman–Crippen MR) is 135 cm³/mol. The van der Waals surface area contributed by atoms with E-state index in [0.29, 0.717) is 48.6 Å². The van der Waals surface area contributed by atoms with Gasteiger partial charge in [0, 0.05) is 10.0 Å². The van der Waals surface area contributed by atoms with Crippen molar-refractivity contribution in [3.05, 3.63) is 69.1 Å². The summed E-state index contributed by atoms with van der Waals surface area (Å²) < 4.78 is 9.73. The van der Waals surface area contributed by atoms with E-state index in [2.05, 4.69) is 19.9 Å². The molecule has 0 aliphatic rings. The predicted octanol–water partition coefficient (Wildman–Crippen LogP) is 4.85. The topological polar surface area (TPSA) is 174 Å². The fraction of sp³-hybridized carbons (Fsp3) is 0.0952. The number of halogens is 4. The van der Waals surface area contributed by atoms with Gasteiger partial charge in [-0.05, 0) is 36.4 Å². The quantitative estimate of drug-likeness (QED) is 0.248. The second kappa shape index (κ2) is 14.1. The molecule has 2 aromatic carbocycles. The number of nitrogens with two attached hydrogens (primary N) is 1. The molecule has 11 nitrogen and oxygen atoms in total. The van der Waals surface area contributed by atoms with Gasteiger partial charge in [-0.25, -0.2) is 24.5 Å². The molecule has 0 fully saturated rings.